The molecule has 1 amide bonds. The zero-order valence-corrected chi connectivity index (χ0v) is 15.3. The lowest BCUT2D eigenvalue weighted by atomic mass is 10.3. The number of benzene rings is 1. The molecule has 13 heteroatoms. The highest BCUT2D eigenvalue weighted by atomic mass is 32.2. The van der Waals surface area contributed by atoms with Crippen LogP contribution in [0.5, 0.6) is 0 Å². The summed E-state index contributed by atoms with van der Waals surface area (Å²) >= 11 is 0. The first-order valence-corrected chi connectivity index (χ1v) is 9.92. The molecule has 0 spiro atoms. The second kappa shape index (κ2) is 8.12. The second-order valence-corrected chi connectivity index (χ2v) is 8.36. The maximum atomic E-state index is 12.5. The largest absolute Gasteiger partial charge is 0.475 e. The molecular formula is C13H15F3N2O6S2. The highest BCUT2D eigenvalue weighted by Crippen LogP contribution is 2.32. The lowest BCUT2D eigenvalue weighted by Gasteiger charge is -2.18. The van der Waals surface area contributed by atoms with Crippen molar-refractivity contribution in [1.29, 1.82) is 0 Å². The van der Waals surface area contributed by atoms with Crippen molar-refractivity contribution in [2.45, 2.75) is 29.1 Å². The fourth-order valence-electron chi connectivity index (χ4n) is 2.06. The van der Waals surface area contributed by atoms with Gasteiger partial charge in [0.1, 0.15) is 10.6 Å². The van der Waals surface area contributed by atoms with E-state index in [-0.39, 0.29) is 13.1 Å². The Bertz CT molecular complexity index is 835. The molecule has 1 aromatic rings. The topological polar surface area (TPSA) is 115 Å². The van der Waals surface area contributed by atoms with E-state index >= 15 is 0 Å². The van der Waals surface area contributed by atoms with Crippen molar-refractivity contribution in [2.24, 2.45) is 0 Å². The van der Waals surface area contributed by atoms with Crippen LogP contribution in [-0.4, -0.2) is 52.7 Å². The fraction of sp³-hybridized carbons (Fsp3) is 0.462. The van der Waals surface area contributed by atoms with Gasteiger partial charge in [-0.1, -0.05) is 0 Å². The maximum Gasteiger partial charge on any atom is 0.475 e. The Morgan fingerprint density at radius 1 is 1.27 bits per heavy atom. The number of nitrogens with zero attached hydrogens (tertiary/aromatic N) is 2. The normalized spacial score (nSPS) is 13.3. The van der Waals surface area contributed by atoms with Crippen LogP contribution in [0.1, 0.15) is 13.8 Å². The number of hydrogen-bond acceptors (Lipinski definition) is 6. The van der Waals surface area contributed by atoms with Gasteiger partial charge < -0.3 is 4.90 Å². The summed E-state index contributed by atoms with van der Waals surface area (Å²) < 4.78 is 73.5. The van der Waals surface area contributed by atoms with E-state index in [4.69, 9.17) is 0 Å². The third-order valence-electron chi connectivity index (χ3n) is 3.32. The van der Waals surface area contributed by atoms with E-state index in [1.54, 1.807) is 13.8 Å². The summed E-state index contributed by atoms with van der Waals surface area (Å²) in [7, 11) is -8.05. The summed E-state index contributed by atoms with van der Waals surface area (Å²) in [6, 6.07) is 1.42. The molecule has 8 nitrogen and oxygen atoms in total. The maximum absolute atomic E-state index is 12.5. The summed E-state index contributed by atoms with van der Waals surface area (Å²) in [5.41, 5.74) is -6.33. The van der Waals surface area contributed by atoms with Gasteiger partial charge in [-0.25, -0.2) is 12.6 Å². The molecule has 0 aromatic heterocycles. The molecule has 0 fully saturated rings. The Labute approximate surface area is 149 Å². The van der Waals surface area contributed by atoms with Crippen molar-refractivity contribution in [3.8, 4) is 0 Å². The van der Waals surface area contributed by atoms with E-state index in [0.29, 0.717) is 18.2 Å². The van der Waals surface area contributed by atoms with E-state index in [0.717, 1.165) is 0 Å². The number of carbonyl (C=O) groups excluding carboxylic acids is 1. The molecule has 1 unspecified atom stereocenters. The van der Waals surface area contributed by atoms with Gasteiger partial charge in [-0.2, -0.15) is 13.2 Å². The minimum absolute atomic E-state index is 0.219. The highest BCUT2D eigenvalue weighted by molar-refractivity contribution is 7.92. The van der Waals surface area contributed by atoms with E-state index in [1.165, 1.54) is 4.90 Å². The number of carbonyl (C=O) groups is 1. The molecule has 0 aliphatic carbocycles. The predicted octanol–water partition coefficient (Wildman–Crippen LogP) is 1.86. The van der Waals surface area contributed by atoms with Crippen LogP contribution in [0.4, 0.5) is 18.9 Å². The quantitative estimate of drug-likeness (QED) is 0.495. The number of nitro groups is 1. The van der Waals surface area contributed by atoms with Crippen LogP contribution >= 0.6 is 0 Å². The number of sulfone groups is 1. The van der Waals surface area contributed by atoms with Gasteiger partial charge in [0.05, 0.1) is 9.82 Å². The van der Waals surface area contributed by atoms with Crippen molar-refractivity contribution >= 4 is 32.2 Å². The standard InChI is InChI=1S/C13H15F3N2O6S2/c1-3-17(4-2)12(19)8-26(23,24)11-6-5-9(7-10(11)18(20)21)25(22)13(14,15)16/h5-7H,3-4,8H2,1-2H3. The molecule has 1 atom stereocenters. The summed E-state index contributed by atoms with van der Waals surface area (Å²) in [4.78, 5) is 21.2. The fourth-order valence-corrected chi connectivity index (χ4v) is 4.13. The first kappa shape index (κ1) is 22.0. The molecule has 0 aliphatic rings. The summed E-state index contributed by atoms with van der Waals surface area (Å²) in [6.45, 7) is 3.66. The number of halogens is 3. The zero-order chi connectivity index (χ0) is 20.3. The van der Waals surface area contributed by atoms with Crippen LogP contribution < -0.4 is 0 Å². The average molecular weight is 416 g/mol. The molecule has 0 radical (unpaired) electrons. The molecule has 1 aromatic carbocycles. The summed E-state index contributed by atoms with van der Waals surface area (Å²) in [6.07, 6.45) is 0. The van der Waals surface area contributed by atoms with Gasteiger partial charge in [0.15, 0.2) is 20.6 Å². The average Bonchev–Trinajstić information content (AvgIpc) is 2.53. The number of nitro benzene ring substituents is 1. The molecule has 0 heterocycles. The zero-order valence-electron chi connectivity index (χ0n) is 13.6. The highest BCUT2D eigenvalue weighted by Gasteiger charge is 2.39. The molecule has 0 N–H and O–H groups in total. The van der Waals surface area contributed by atoms with Gasteiger partial charge in [-0.15, -0.1) is 0 Å². The van der Waals surface area contributed by atoms with Gasteiger partial charge >= 0.3 is 5.51 Å². The van der Waals surface area contributed by atoms with Crippen LogP contribution in [0.3, 0.4) is 0 Å². The van der Waals surface area contributed by atoms with Crippen LogP contribution in [0.25, 0.3) is 0 Å². The Balaban J connectivity index is 3.38. The number of amides is 1. The molecule has 0 saturated carbocycles. The van der Waals surface area contributed by atoms with Gasteiger partial charge in [0.25, 0.3) is 5.69 Å². The Morgan fingerprint density at radius 2 is 1.81 bits per heavy atom. The molecule has 0 aliphatic heterocycles. The van der Waals surface area contributed by atoms with Crippen molar-refractivity contribution in [3.05, 3.63) is 28.3 Å². The monoisotopic (exact) mass is 416 g/mol. The van der Waals surface area contributed by atoms with Crippen LogP contribution in [0, 0.1) is 10.1 Å². The minimum atomic E-state index is -5.16. The smallest absolute Gasteiger partial charge is 0.342 e. The third-order valence-corrected chi connectivity index (χ3v) is 6.06. The van der Waals surface area contributed by atoms with Crippen molar-refractivity contribution in [2.75, 3.05) is 18.8 Å². The van der Waals surface area contributed by atoms with Gasteiger partial charge in [-0.05, 0) is 26.0 Å². The summed E-state index contributed by atoms with van der Waals surface area (Å²) in [5.74, 6) is -1.87. The number of alkyl halides is 3. The SMILES string of the molecule is CCN(CC)C(=O)CS(=O)(=O)c1ccc(S(=O)C(F)(F)F)cc1[N+](=O)[O-]. The molecular weight excluding hydrogens is 401 g/mol. The number of rotatable bonds is 7. The molecule has 146 valence electrons. The first-order valence-electron chi connectivity index (χ1n) is 7.12. The molecule has 0 saturated heterocycles. The molecule has 26 heavy (non-hydrogen) atoms. The minimum Gasteiger partial charge on any atom is -0.342 e. The van der Waals surface area contributed by atoms with E-state index < -0.39 is 58.2 Å². The van der Waals surface area contributed by atoms with Crippen LogP contribution in [0.15, 0.2) is 28.0 Å². The summed E-state index contributed by atoms with van der Waals surface area (Å²) in [5, 5.41) is 11.1. The first-order chi connectivity index (χ1) is 11.8. The van der Waals surface area contributed by atoms with Crippen LogP contribution in [0.2, 0.25) is 0 Å². The van der Waals surface area contributed by atoms with Crippen molar-refractivity contribution < 1.29 is 35.5 Å². The Kier molecular flexibility index (Phi) is 6.88. The molecule has 1 rings (SSSR count). The van der Waals surface area contributed by atoms with Crippen LogP contribution in [-0.2, 0) is 25.4 Å². The second-order valence-electron chi connectivity index (χ2n) is 4.93. The lowest BCUT2D eigenvalue weighted by molar-refractivity contribution is -0.388. The Morgan fingerprint density at radius 3 is 2.23 bits per heavy atom. The lowest BCUT2D eigenvalue weighted by Crippen LogP contribution is -2.35. The predicted molar refractivity (Wildman–Crippen MR) is 85.5 cm³/mol. The number of hydrogen-bond donors (Lipinski definition) is 0. The van der Waals surface area contributed by atoms with Crippen molar-refractivity contribution in [1.82, 2.24) is 4.90 Å². The Hall–Kier alpha value is -2.02. The van der Waals surface area contributed by atoms with Gasteiger partial charge in [-0.3, -0.25) is 14.9 Å². The van der Waals surface area contributed by atoms with E-state index in [2.05, 4.69) is 0 Å². The van der Waals surface area contributed by atoms with Crippen molar-refractivity contribution in [3.63, 3.8) is 0 Å². The molecule has 0 bridgehead atoms. The van der Waals surface area contributed by atoms with Gasteiger partial charge in [0, 0.05) is 19.2 Å². The van der Waals surface area contributed by atoms with Gasteiger partial charge in [0.2, 0.25) is 5.91 Å². The van der Waals surface area contributed by atoms with E-state index in [9.17, 15) is 40.7 Å². The third kappa shape index (κ3) is 5.00. The van der Waals surface area contributed by atoms with E-state index in [1.807, 2.05) is 0 Å².